The van der Waals surface area contributed by atoms with E-state index >= 15 is 0 Å². The molecule has 2 fully saturated rings. The summed E-state index contributed by atoms with van der Waals surface area (Å²) in [4.78, 5) is 2.66. The fourth-order valence-corrected chi connectivity index (χ4v) is 4.64. The summed E-state index contributed by atoms with van der Waals surface area (Å²) in [5.74, 6) is 0. The van der Waals surface area contributed by atoms with Crippen LogP contribution in [-0.2, 0) is 12.0 Å². The van der Waals surface area contributed by atoms with Gasteiger partial charge in [-0.25, -0.2) is 4.68 Å². The Morgan fingerprint density at radius 1 is 1.07 bits per heavy atom. The van der Waals surface area contributed by atoms with E-state index in [-0.39, 0.29) is 17.8 Å². The molecule has 148 valence electrons. The third-order valence-electron chi connectivity index (χ3n) is 6.10. The first-order valence-electron chi connectivity index (χ1n) is 10.0. The number of hydrogen-bond donors (Lipinski definition) is 1. The van der Waals surface area contributed by atoms with Crippen LogP contribution in [0.1, 0.15) is 51.3 Å². The van der Waals surface area contributed by atoms with Gasteiger partial charge in [-0.2, -0.15) is 5.10 Å². The Balaban J connectivity index is 0.00000210. The molecule has 0 radical (unpaired) electrons. The highest BCUT2D eigenvalue weighted by atomic mass is 35.5. The second-order valence-electron chi connectivity index (χ2n) is 9.24. The van der Waals surface area contributed by atoms with Gasteiger partial charge in [0.25, 0.3) is 0 Å². The summed E-state index contributed by atoms with van der Waals surface area (Å²) in [5.41, 5.74) is 4.37. The quantitative estimate of drug-likeness (QED) is 0.856. The molecule has 1 spiro atoms. The van der Waals surface area contributed by atoms with Crippen molar-refractivity contribution in [3.8, 4) is 5.69 Å². The number of nitrogens with one attached hydrogen (secondary N) is 1. The van der Waals surface area contributed by atoms with Crippen LogP contribution in [0.5, 0.6) is 0 Å². The van der Waals surface area contributed by atoms with E-state index in [1.165, 1.54) is 56.7 Å². The number of benzene rings is 1. The maximum atomic E-state index is 4.98. The number of halogens is 1. The standard InChI is InChI=1S/C22H32N4.ClH/c1-21(2,3)20-18(16-26(24-20)19-7-5-4-6-8-19)15-25-14-11-22(17-25)9-12-23-13-10-22;/h4-8,16,23H,9-15,17H2,1-3H3;1H. The largest absolute Gasteiger partial charge is 0.317 e. The molecule has 1 aromatic carbocycles. The van der Waals surface area contributed by atoms with Gasteiger partial charge >= 0.3 is 0 Å². The van der Waals surface area contributed by atoms with E-state index in [2.05, 4.69) is 72.2 Å². The molecular weight excluding hydrogens is 356 g/mol. The summed E-state index contributed by atoms with van der Waals surface area (Å²) in [7, 11) is 0. The topological polar surface area (TPSA) is 33.1 Å². The van der Waals surface area contributed by atoms with Crippen LogP contribution in [-0.4, -0.2) is 40.9 Å². The fourth-order valence-electron chi connectivity index (χ4n) is 4.64. The van der Waals surface area contributed by atoms with Gasteiger partial charge in [-0.1, -0.05) is 39.0 Å². The molecule has 2 aromatic rings. The zero-order chi connectivity index (χ0) is 18.2. The molecule has 1 aromatic heterocycles. The molecule has 2 saturated heterocycles. The molecule has 0 bridgehead atoms. The number of aromatic nitrogens is 2. The SMILES string of the molecule is CC(C)(C)c1nn(-c2ccccc2)cc1CN1CCC2(CCNCC2)C1.Cl. The summed E-state index contributed by atoms with van der Waals surface area (Å²) < 4.78 is 2.06. The maximum absolute atomic E-state index is 4.98. The van der Waals surface area contributed by atoms with Crippen LogP contribution in [0, 0.1) is 5.41 Å². The lowest BCUT2D eigenvalue weighted by Crippen LogP contribution is -2.38. The van der Waals surface area contributed by atoms with E-state index in [9.17, 15) is 0 Å². The van der Waals surface area contributed by atoms with Gasteiger partial charge in [0.2, 0.25) is 0 Å². The average molecular weight is 389 g/mol. The predicted octanol–water partition coefficient (Wildman–Crippen LogP) is 4.17. The van der Waals surface area contributed by atoms with Crippen molar-refractivity contribution >= 4 is 12.4 Å². The van der Waals surface area contributed by atoms with Crippen LogP contribution in [0.2, 0.25) is 0 Å². The van der Waals surface area contributed by atoms with Gasteiger partial charge in [-0.05, 0) is 56.4 Å². The second kappa shape index (κ2) is 7.94. The van der Waals surface area contributed by atoms with Crippen molar-refractivity contribution in [2.45, 2.75) is 52.0 Å². The number of nitrogens with zero attached hydrogens (tertiary/aromatic N) is 3. The Bertz CT molecular complexity index is 741. The van der Waals surface area contributed by atoms with Crippen molar-refractivity contribution in [2.24, 2.45) is 5.41 Å². The van der Waals surface area contributed by atoms with E-state index in [0.29, 0.717) is 5.41 Å². The van der Waals surface area contributed by atoms with Crippen molar-refractivity contribution in [2.75, 3.05) is 26.2 Å². The first-order valence-corrected chi connectivity index (χ1v) is 10.0. The van der Waals surface area contributed by atoms with Gasteiger partial charge in [-0.15, -0.1) is 12.4 Å². The molecule has 0 amide bonds. The van der Waals surface area contributed by atoms with E-state index in [0.717, 1.165) is 12.2 Å². The summed E-state index contributed by atoms with van der Waals surface area (Å²) in [5, 5.41) is 8.50. The van der Waals surface area contributed by atoms with Crippen LogP contribution < -0.4 is 5.32 Å². The number of hydrogen-bond acceptors (Lipinski definition) is 3. The highest BCUT2D eigenvalue weighted by Crippen LogP contribution is 2.39. The Morgan fingerprint density at radius 3 is 2.44 bits per heavy atom. The second-order valence-corrected chi connectivity index (χ2v) is 9.24. The summed E-state index contributed by atoms with van der Waals surface area (Å²) in [6.07, 6.45) is 6.27. The molecule has 2 aliphatic rings. The smallest absolute Gasteiger partial charge is 0.0727 e. The molecule has 0 aliphatic carbocycles. The highest BCUT2D eigenvalue weighted by molar-refractivity contribution is 5.85. The van der Waals surface area contributed by atoms with Gasteiger partial charge in [0.05, 0.1) is 11.4 Å². The minimum Gasteiger partial charge on any atom is -0.317 e. The van der Waals surface area contributed by atoms with E-state index in [1.54, 1.807) is 0 Å². The number of rotatable bonds is 3. The number of para-hydroxylation sites is 1. The first-order chi connectivity index (χ1) is 12.5. The van der Waals surface area contributed by atoms with E-state index in [1.807, 2.05) is 0 Å². The van der Waals surface area contributed by atoms with Crippen molar-refractivity contribution in [3.63, 3.8) is 0 Å². The summed E-state index contributed by atoms with van der Waals surface area (Å²) >= 11 is 0. The van der Waals surface area contributed by atoms with Crippen molar-refractivity contribution in [1.29, 1.82) is 0 Å². The van der Waals surface area contributed by atoms with Gasteiger partial charge in [0.1, 0.15) is 0 Å². The van der Waals surface area contributed by atoms with E-state index in [4.69, 9.17) is 5.10 Å². The van der Waals surface area contributed by atoms with Crippen molar-refractivity contribution in [3.05, 3.63) is 47.8 Å². The molecule has 5 heteroatoms. The number of likely N-dealkylation sites (tertiary alicyclic amines) is 1. The van der Waals surface area contributed by atoms with Gasteiger partial charge < -0.3 is 5.32 Å². The lowest BCUT2D eigenvalue weighted by atomic mass is 9.78. The lowest BCUT2D eigenvalue weighted by molar-refractivity contribution is 0.193. The Hall–Kier alpha value is -1.36. The molecule has 4 nitrogen and oxygen atoms in total. The lowest BCUT2D eigenvalue weighted by Gasteiger charge is -2.34. The zero-order valence-corrected chi connectivity index (χ0v) is 17.7. The molecule has 0 unspecified atom stereocenters. The fraction of sp³-hybridized carbons (Fsp3) is 0.591. The molecule has 27 heavy (non-hydrogen) atoms. The zero-order valence-electron chi connectivity index (χ0n) is 16.9. The normalized spacial score (nSPS) is 20.0. The molecule has 0 atom stereocenters. The monoisotopic (exact) mass is 388 g/mol. The van der Waals surface area contributed by atoms with E-state index < -0.39 is 0 Å². The average Bonchev–Trinajstić information content (AvgIpc) is 3.21. The highest BCUT2D eigenvalue weighted by Gasteiger charge is 2.39. The molecular formula is C22H33ClN4. The Labute approximate surface area is 169 Å². The Kier molecular flexibility index (Phi) is 5.99. The van der Waals surface area contributed by atoms with Crippen molar-refractivity contribution < 1.29 is 0 Å². The Morgan fingerprint density at radius 2 is 1.78 bits per heavy atom. The minimum absolute atomic E-state index is 0. The van der Waals surface area contributed by atoms with Gasteiger partial charge in [0.15, 0.2) is 0 Å². The molecule has 1 N–H and O–H groups in total. The van der Waals surface area contributed by atoms with Gasteiger partial charge in [-0.3, -0.25) is 4.90 Å². The summed E-state index contributed by atoms with van der Waals surface area (Å²) in [6.45, 7) is 12.7. The maximum Gasteiger partial charge on any atom is 0.0727 e. The minimum atomic E-state index is 0. The third kappa shape index (κ3) is 4.39. The third-order valence-corrected chi connectivity index (χ3v) is 6.10. The van der Waals surface area contributed by atoms with Crippen LogP contribution >= 0.6 is 12.4 Å². The van der Waals surface area contributed by atoms with Crippen LogP contribution in [0.4, 0.5) is 0 Å². The summed E-state index contributed by atoms with van der Waals surface area (Å²) in [6, 6.07) is 10.5. The first kappa shape index (κ1) is 20.4. The predicted molar refractivity (Wildman–Crippen MR) is 114 cm³/mol. The van der Waals surface area contributed by atoms with Crippen LogP contribution in [0.25, 0.3) is 5.69 Å². The van der Waals surface area contributed by atoms with Crippen LogP contribution in [0.3, 0.4) is 0 Å². The number of piperidine rings is 1. The molecule has 2 aliphatic heterocycles. The van der Waals surface area contributed by atoms with Gasteiger partial charge in [0, 0.05) is 30.3 Å². The molecule has 3 heterocycles. The molecule has 0 saturated carbocycles. The van der Waals surface area contributed by atoms with Crippen molar-refractivity contribution in [1.82, 2.24) is 20.0 Å². The molecule has 4 rings (SSSR count). The van der Waals surface area contributed by atoms with Crippen LogP contribution in [0.15, 0.2) is 36.5 Å².